The van der Waals surface area contributed by atoms with Gasteiger partial charge in [0.2, 0.25) is 0 Å². The van der Waals surface area contributed by atoms with E-state index < -0.39 is 0 Å². The average Bonchev–Trinajstić information content (AvgIpc) is 0. The van der Waals surface area contributed by atoms with Crippen molar-refractivity contribution < 1.29 is 67.9 Å². The van der Waals surface area contributed by atoms with E-state index in [0.717, 1.165) is 0 Å². The third-order valence-electron chi connectivity index (χ3n) is 0. The van der Waals surface area contributed by atoms with Crippen LogP contribution >= 0.6 is 0 Å². The van der Waals surface area contributed by atoms with Crippen molar-refractivity contribution in [2.75, 3.05) is 0 Å². The van der Waals surface area contributed by atoms with Crippen LogP contribution in [-0.2, 0) is 0 Å². The summed E-state index contributed by atoms with van der Waals surface area (Å²) in [7, 11) is 0. The van der Waals surface area contributed by atoms with Gasteiger partial charge >= 0.3 is 29.6 Å². The van der Waals surface area contributed by atoms with Crippen molar-refractivity contribution in [3.05, 3.63) is 0 Å². The van der Waals surface area contributed by atoms with Crippen molar-refractivity contribution in [2.45, 2.75) is 0 Å². The molecule has 0 unspecified atom stereocenters. The van der Waals surface area contributed by atoms with Crippen LogP contribution in [0.15, 0.2) is 0 Å². The molecule has 0 aromatic carbocycles. The fraction of sp³-hybridized carbons (Fsp3) is 0. The predicted molar refractivity (Wildman–Crippen MR) is 35.1 cm³/mol. The molecule has 0 amide bonds. The van der Waals surface area contributed by atoms with E-state index in [0.29, 0.717) is 0 Å². The van der Waals surface area contributed by atoms with Crippen LogP contribution in [0.25, 0.3) is 0 Å². The molecule has 62 valence electrons. The summed E-state index contributed by atoms with van der Waals surface area (Å²) in [5.74, 6) is 0. The largest absolute Gasteiger partial charge is 1.00 e. The van der Waals surface area contributed by atoms with Crippen LogP contribution in [0.1, 0.15) is 0 Å². The predicted octanol–water partition coefficient (Wildman–Crippen LogP) is -8.88. The van der Waals surface area contributed by atoms with Gasteiger partial charge in [0.15, 0.2) is 0 Å². The average molecular weight is 202 g/mol. The van der Waals surface area contributed by atoms with Gasteiger partial charge in [-0.2, -0.15) is 0 Å². The Morgan fingerprint density at radius 1 is 0.400 bits per heavy atom. The SMILES string of the molecule is O.O.O.O.O.O.[Al].[Al].[Na+].[OH-]. The Kier molecular flexibility index (Phi) is 13900. The van der Waals surface area contributed by atoms with Gasteiger partial charge < -0.3 is 38.3 Å². The van der Waals surface area contributed by atoms with E-state index in [1.807, 2.05) is 0 Å². The zero-order valence-electron chi connectivity index (χ0n) is 5.60. The summed E-state index contributed by atoms with van der Waals surface area (Å²) in [6.07, 6.45) is 0. The molecule has 10 heteroatoms. The van der Waals surface area contributed by atoms with E-state index >= 15 is 0 Å². The first-order valence-corrected chi connectivity index (χ1v) is 0. The summed E-state index contributed by atoms with van der Waals surface area (Å²) < 4.78 is 0. The molecule has 0 heterocycles. The van der Waals surface area contributed by atoms with Crippen LogP contribution in [0, 0.1) is 0 Å². The minimum atomic E-state index is 0. The molecule has 0 saturated carbocycles. The Bertz CT molecular complexity index is 11.6. The molecule has 0 aromatic heterocycles. The molecule has 0 spiro atoms. The molecule has 0 atom stereocenters. The van der Waals surface area contributed by atoms with Gasteiger partial charge in [0, 0.05) is 34.7 Å². The molecule has 13 N–H and O–H groups in total. The molecule has 0 rings (SSSR count). The normalized spacial score (nSPS) is 0. The van der Waals surface area contributed by atoms with Crippen molar-refractivity contribution in [3.8, 4) is 0 Å². The van der Waals surface area contributed by atoms with Crippen molar-refractivity contribution in [2.24, 2.45) is 0 Å². The molecule has 10 heavy (non-hydrogen) atoms. The molecule has 0 aliphatic rings. The number of hydrogen-bond acceptors (Lipinski definition) is 1. The Morgan fingerprint density at radius 3 is 0.400 bits per heavy atom. The fourth-order valence-electron chi connectivity index (χ4n) is 0. The summed E-state index contributed by atoms with van der Waals surface area (Å²) in [5, 5.41) is 0. The summed E-state index contributed by atoms with van der Waals surface area (Å²) in [5.41, 5.74) is 0. The van der Waals surface area contributed by atoms with E-state index in [2.05, 4.69) is 0 Å². The van der Waals surface area contributed by atoms with Gasteiger partial charge in [0.25, 0.3) is 0 Å². The summed E-state index contributed by atoms with van der Waals surface area (Å²) in [4.78, 5) is 0. The van der Waals surface area contributed by atoms with Crippen molar-refractivity contribution in [1.29, 1.82) is 0 Å². The fourth-order valence-corrected chi connectivity index (χ4v) is 0. The standard InChI is InChI=1S/2Al.Na.7H2O/h;;;7*1H2/q;;+1;;;;;;;/p-1. The topological polar surface area (TPSA) is 219 Å². The van der Waals surface area contributed by atoms with Gasteiger partial charge in [-0.3, -0.25) is 0 Å². The molecule has 6 radical (unpaired) electrons. The Balaban J connectivity index is 0. The van der Waals surface area contributed by atoms with Crippen LogP contribution in [-0.4, -0.2) is 73.1 Å². The Labute approximate surface area is 102 Å². The van der Waals surface area contributed by atoms with Gasteiger partial charge in [-0.15, -0.1) is 0 Å². The minimum absolute atomic E-state index is 0. The first-order chi connectivity index (χ1) is 0. The molecule has 7 nitrogen and oxygen atoms in total. The van der Waals surface area contributed by atoms with Gasteiger partial charge in [0.05, 0.1) is 0 Å². The van der Waals surface area contributed by atoms with Crippen molar-refractivity contribution in [1.82, 2.24) is 0 Å². The monoisotopic (exact) mass is 202 g/mol. The molecule has 0 fully saturated rings. The summed E-state index contributed by atoms with van der Waals surface area (Å²) >= 11 is 0. The second kappa shape index (κ2) is 324. The van der Waals surface area contributed by atoms with Crippen LogP contribution < -0.4 is 29.6 Å². The van der Waals surface area contributed by atoms with E-state index in [1.54, 1.807) is 0 Å². The van der Waals surface area contributed by atoms with E-state index in [9.17, 15) is 0 Å². The zero-order chi connectivity index (χ0) is 0. The third-order valence-corrected chi connectivity index (χ3v) is 0. The maximum absolute atomic E-state index is 0. The Morgan fingerprint density at radius 2 is 0.400 bits per heavy atom. The van der Waals surface area contributed by atoms with E-state index in [1.165, 1.54) is 0 Å². The molecule has 0 saturated heterocycles. The number of hydrogen-bond donors (Lipinski definition) is 0. The minimum Gasteiger partial charge on any atom is -0.870 e. The van der Waals surface area contributed by atoms with E-state index in [4.69, 9.17) is 0 Å². The molecule has 0 aromatic rings. The van der Waals surface area contributed by atoms with Gasteiger partial charge in [-0.1, -0.05) is 0 Å². The molecular weight excluding hydrogens is 189 g/mol. The summed E-state index contributed by atoms with van der Waals surface area (Å²) in [6, 6.07) is 0. The maximum Gasteiger partial charge on any atom is 1.00 e. The van der Waals surface area contributed by atoms with Crippen LogP contribution in [0.2, 0.25) is 0 Å². The van der Waals surface area contributed by atoms with Crippen LogP contribution in [0.4, 0.5) is 0 Å². The molecule has 0 bridgehead atoms. The van der Waals surface area contributed by atoms with Crippen LogP contribution in [0.5, 0.6) is 0 Å². The molecule has 0 aliphatic heterocycles. The van der Waals surface area contributed by atoms with Crippen LogP contribution in [0.3, 0.4) is 0 Å². The molecular formula is H13Al2NaO7. The quantitative estimate of drug-likeness (QED) is 0.343. The zero-order valence-corrected chi connectivity index (χ0v) is 9.91. The van der Waals surface area contributed by atoms with E-state index in [-0.39, 0.29) is 103 Å². The first kappa shape index (κ1) is 430. The van der Waals surface area contributed by atoms with Gasteiger partial charge in [-0.05, 0) is 0 Å². The smallest absolute Gasteiger partial charge is 0.870 e. The van der Waals surface area contributed by atoms with Crippen molar-refractivity contribution >= 4 is 34.7 Å². The number of rotatable bonds is 0. The maximum atomic E-state index is 0. The molecule has 0 aliphatic carbocycles. The second-order valence-corrected chi connectivity index (χ2v) is 0. The second-order valence-electron chi connectivity index (χ2n) is 0. The third kappa shape index (κ3) is 237. The first-order valence-electron chi connectivity index (χ1n) is 0. The van der Waals surface area contributed by atoms with Crippen molar-refractivity contribution in [3.63, 3.8) is 0 Å². The Hall–Kier alpha value is 1.78. The van der Waals surface area contributed by atoms with Gasteiger partial charge in [0.1, 0.15) is 0 Å². The summed E-state index contributed by atoms with van der Waals surface area (Å²) in [6.45, 7) is 0. The van der Waals surface area contributed by atoms with Gasteiger partial charge in [-0.25, -0.2) is 0 Å².